The molecule has 16 heavy (non-hydrogen) atoms. The van der Waals surface area contributed by atoms with Crippen molar-refractivity contribution in [3.8, 4) is 11.5 Å². The Morgan fingerprint density at radius 2 is 2.19 bits per heavy atom. The van der Waals surface area contributed by atoms with E-state index in [1.54, 1.807) is 0 Å². The first-order chi connectivity index (χ1) is 7.66. The third-order valence-corrected chi connectivity index (χ3v) is 2.25. The second-order valence-corrected chi connectivity index (χ2v) is 3.52. The fraction of sp³-hybridized carbons (Fsp3) is 0.167. The lowest BCUT2D eigenvalue weighted by Gasteiger charge is -1.99. The van der Waals surface area contributed by atoms with Gasteiger partial charge in [-0.05, 0) is 18.6 Å². The number of benzene rings is 1. The minimum absolute atomic E-state index is 0.140. The lowest BCUT2D eigenvalue weighted by Crippen LogP contribution is -1.97. The number of aromatic nitrogens is 1. The number of aliphatic carboxylic acids is 1. The third kappa shape index (κ3) is 2.11. The number of nitrogens with zero attached hydrogens (tertiary/aromatic N) is 1. The van der Waals surface area contributed by atoms with E-state index in [2.05, 4.69) is 4.98 Å². The summed E-state index contributed by atoms with van der Waals surface area (Å²) in [6, 6.07) is 7.67. The van der Waals surface area contributed by atoms with Gasteiger partial charge in [0.2, 0.25) is 5.89 Å². The van der Waals surface area contributed by atoms with Crippen LogP contribution in [0.5, 0.6) is 0 Å². The molecule has 4 nitrogen and oxygen atoms in total. The molecule has 4 heteroatoms. The van der Waals surface area contributed by atoms with Gasteiger partial charge in [0.25, 0.3) is 0 Å². The molecule has 0 aliphatic heterocycles. The fourth-order valence-corrected chi connectivity index (χ4v) is 1.48. The van der Waals surface area contributed by atoms with Crippen LogP contribution in [0.15, 0.2) is 34.9 Å². The summed E-state index contributed by atoms with van der Waals surface area (Å²) in [5.74, 6) is -0.0902. The zero-order valence-electron chi connectivity index (χ0n) is 8.80. The topological polar surface area (TPSA) is 63.3 Å². The molecule has 1 aromatic heterocycles. The summed E-state index contributed by atoms with van der Waals surface area (Å²) in [6.45, 7) is 1.95. The monoisotopic (exact) mass is 217 g/mol. The summed E-state index contributed by atoms with van der Waals surface area (Å²) in [5.41, 5.74) is 1.94. The average Bonchev–Trinajstić information content (AvgIpc) is 2.66. The number of aryl methyl sites for hydroxylation is 1. The second kappa shape index (κ2) is 4.18. The maximum atomic E-state index is 10.5. The summed E-state index contributed by atoms with van der Waals surface area (Å²) < 4.78 is 5.37. The van der Waals surface area contributed by atoms with Crippen LogP contribution in [0.25, 0.3) is 11.5 Å². The molecule has 82 valence electrons. The Morgan fingerprint density at radius 3 is 2.88 bits per heavy atom. The van der Waals surface area contributed by atoms with Crippen LogP contribution in [0.1, 0.15) is 11.3 Å². The summed E-state index contributed by atoms with van der Waals surface area (Å²) in [4.78, 5) is 14.6. The first kappa shape index (κ1) is 10.4. The maximum absolute atomic E-state index is 10.5. The molecular weight excluding hydrogens is 206 g/mol. The molecular formula is C12H11NO3. The van der Waals surface area contributed by atoms with Crippen LogP contribution < -0.4 is 0 Å². The molecule has 0 spiro atoms. The second-order valence-electron chi connectivity index (χ2n) is 3.52. The van der Waals surface area contributed by atoms with E-state index in [9.17, 15) is 4.79 Å². The van der Waals surface area contributed by atoms with E-state index < -0.39 is 5.97 Å². The summed E-state index contributed by atoms with van der Waals surface area (Å²) in [5, 5.41) is 8.61. The molecule has 2 aromatic rings. The number of rotatable bonds is 3. The number of carboxylic acid groups (broad SMARTS) is 1. The summed E-state index contributed by atoms with van der Waals surface area (Å²) in [6.07, 6.45) is 1.31. The van der Waals surface area contributed by atoms with Gasteiger partial charge in [-0.15, -0.1) is 0 Å². The molecule has 0 radical (unpaired) electrons. The van der Waals surface area contributed by atoms with Crippen molar-refractivity contribution >= 4 is 5.97 Å². The van der Waals surface area contributed by atoms with Gasteiger partial charge in [-0.2, -0.15) is 0 Å². The molecule has 0 fully saturated rings. The standard InChI is InChI=1S/C12H11NO3/c1-8-4-2-3-5-10(8)12-13-7-9(16-12)6-11(14)15/h2-5,7H,6H2,1H3,(H,14,15). The predicted octanol–water partition coefficient (Wildman–Crippen LogP) is 2.28. The predicted molar refractivity (Wildman–Crippen MR) is 58.0 cm³/mol. The summed E-state index contributed by atoms with van der Waals surface area (Å²) >= 11 is 0. The summed E-state index contributed by atoms with van der Waals surface area (Å²) in [7, 11) is 0. The molecule has 0 aliphatic rings. The van der Waals surface area contributed by atoms with E-state index in [-0.39, 0.29) is 6.42 Å². The van der Waals surface area contributed by atoms with Gasteiger partial charge in [-0.1, -0.05) is 18.2 Å². The van der Waals surface area contributed by atoms with Gasteiger partial charge in [-0.3, -0.25) is 4.79 Å². The van der Waals surface area contributed by atoms with Crippen LogP contribution in [0.3, 0.4) is 0 Å². The zero-order valence-corrected chi connectivity index (χ0v) is 8.80. The van der Waals surface area contributed by atoms with Crippen molar-refractivity contribution < 1.29 is 14.3 Å². The minimum Gasteiger partial charge on any atom is -0.481 e. The molecule has 0 unspecified atom stereocenters. The highest BCUT2D eigenvalue weighted by Crippen LogP contribution is 2.22. The van der Waals surface area contributed by atoms with Gasteiger partial charge in [0, 0.05) is 5.56 Å². The Labute approximate surface area is 92.6 Å². The van der Waals surface area contributed by atoms with E-state index in [1.165, 1.54) is 6.20 Å². The van der Waals surface area contributed by atoms with Gasteiger partial charge >= 0.3 is 5.97 Å². The lowest BCUT2D eigenvalue weighted by molar-refractivity contribution is -0.136. The number of hydrogen-bond donors (Lipinski definition) is 1. The van der Waals surface area contributed by atoms with E-state index in [1.807, 2.05) is 31.2 Å². The lowest BCUT2D eigenvalue weighted by atomic mass is 10.1. The first-order valence-corrected chi connectivity index (χ1v) is 4.89. The number of carbonyl (C=O) groups is 1. The SMILES string of the molecule is Cc1ccccc1-c1ncc(CC(=O)O)o1. The van der Waals surface area contributed by atoms with E-state index in [4.69, 9.17) is 9.52 Å². The van der Waals surface area contributed by atoms with Gasteiger partial charge in [-0.25, -0.2) is 4.98 Å². The van der Waals surface area contributed by atoms with E-state index in [0.717, 1.165) is 11.1 Å². The highest BCUT2D eigenvalue weighted by Gasteiger charge is 2.10. The van der Waals surface area contributed by atoms with Crippen LogP contribution >= 0.6 is 0 Å². The smallest absolute Gasteiger partial charge is 0.311 e. The Kier molecular flexibility index (Phi) is 2.72. The van der Waals surface area contributed by atoms with Gasteiger partial charge in [0.05, 0.1) is 6.20 Å². The van der Waals surface area contributed by atoms with Gasteiger partial charge in [0.15, 0.2) is 0 Å². The number of carboxylic acids is 1. The van der Waals surface area contributed by atoms with Crippen molar-refractivity contribution in [3.05, 3.63) is 41.8 Å². The van der Waals surface area contributed by atoms with Crippen LogP contribution in [0.4, 0.5) is 0 Å². The molecule has 0 atom stereocenters. The molecule has 2 rings (SSSR count). The highest BCUT2D eigenvalue weighted by atomic mass is 16.4. The molecule has 0 bridgehead atoms. The van der Waals surface area contributed by atoms with Gasteiger partial charge in [0.1, 0.15) is 12.2 Å². The van der Waals surface area contributed by atoms with E-state index in [0.29, 0.717) is 11.7 Å². The molecule has 0 saturated carbocycles. The molecule has 0 aliphatic carbocycles. The Bertz CT molecular complexity index is 516. The third-order valence-electron chi connectivity index (χ3n) is 2.25. The minimum atomic E-state index is -0.924. The van der Waals surface area contributed by atoms with E-state index >= 15 is 0 Å². The van der Waals surface area contributed by atoms with Crippen LogP contribution in [0.2, 0.25) is 0 Å². The molecule has 1 aromatic carbocycles. The van der Waals surface area contributed by atoms with Crippen LogP contribution in [-0.2, 0) is 11.2 Å². The van der Waals surface area contributed by atoms with Crippen molar-refractivity contribution in [2.75, 3.05) is 0 Å². The normalized spacial score (nSPS) is 10.3. The van der Waals surface area contributed by atoms with Crippen molar-refractivity contribution in [2.24, 2.45) is 0 Å². The van der Waals surface area contributed by atoms with Crippen molar-refractivity contribution in [3.63, 3.8) is 0 Å². The largest absolute Gasteiger partial charge is 0.481 e. The van der Waals surface area contributed by atoms with Crippen LogP contribution in [0, 0.1) is 6.92 Å². The fourth-order valence-electron chi connectivity index (χ4n) is 1.48. The Morgan fingerprint density at radius 1 is 1.44 bits per heavy atom. The average molecular weight is 217 g/mol. The van der Waals surface area contributed by atoms with Crippen molar-refractivity contribution in [1.29, 1.82) is 0 Å². The molecule has 0 saturated heterocycles. The first-order valence-electron chi connectivity index (χ1n) is 4.89. The number of hydrogen-bond acceptors (Lipinski definition) is 3. The molecule has 0 amide bonds. The quantitative estimate of drug-likeness (QED) is 0.856. The molecule has 1 N–H and O–H groups in total. The Hall–Kier alpha value is -2.10. The van der Waals surface area contributed by atoms with Crippen molar-refractivity contribution in [1.82, 2.24) is 4.98 Å². The van der Waals surface area contributed by atoms with Gasteiger partial charge < -0.3 is 9.52 Å². The highest BCUT2D eigenvalue weighted by molar-refractivity contribution is 5.69. The van der Waals surface area contributed by atoms with Crippen LogP contribution in [-0.4, -0.2) is 16.1 Å². The maximum Gasteiger partial charge on any atom is 0.311 e. The Balaban J connectivity index is 2.32. The zero-order chi connectivity index (χ0) is 11.5. The molecule has 1 heterocycles. The van der Waals surface area contributed by atoms with Crippen molar-refractivity contribution in [2.45, 2.75) is 13.3 Å². The number of oxazole rings is 1.